The number of phosphoric acid groups is 1. The molecule has 9 nitrogen and oxygen atoms in total. The van der Waals surface area contributed by atoms with E-state index in [-0.39, 0.29) is 38.6 Å². The zero-order chi connectivity index (χ0) is 61.6. The number of phosphoric ester groups is 1. The molecule has 0 aliphatic rings. The summed E-state index contributed by atoms with van der Waals surface area (Å²) in [5, 5.41) is 0. The predicted molar refractivity (Wildman–Crippen MR) is 367 cm³/mol. The fraction of sp³-hybridized carbons (Fsp3) is 0.867. The monoisotopic (exact) mass is 1220 g/mol. The number of carbonyl (C=O) groups excluding carboxylic acids is 2. The highest BCUT2D eigenvalue weighted by molar-refractivity contribution is 7.47. The molecular formula is C75H142NO8P. The molecule has 10 heteroatoms. The summed E-state index contributed by atoms with van der Waals surface area (Å²) in [6.45, 7) is 3.71. The Morgan fingerprint density at radius 1 is 0.365 bits per heavy atom. The van der Waals surface area contributed by atoms with Crippen molar-refractivity contribution in [3.8, 4) is 0 Å². The predicted octanol–water partition coefficient (Wildman–Crippen LogP) is 24.4. The Morgan fingerprint density at radius 3 is 0.965 bits per heavy atom. The zero-order valence-electron chi connectivity index (χ0n) is 56.4. The van der Waals surface area contributed by atoms with Crippen LogP contribution >= 0.6 is 7.82 Å². The maximum atomic E-state index is 12.8. The van der Waals surface area contributed by atoms with Gasteiger partial charge in [0.15, 0.2) is 6.10 Å². The molecular weight excluding hydrogens is 1070 g/mol. The number of carbonyl (C=O) groups is 2. The average molecular weight is 1220 g/mol. The molecule has 0 fully saturated rings. The molecule has 0 aliphatic carbocycles. The number of rotatable bonds is 71. The maximum Gasteiger partial charge on any atom is 0.472 e. The molecule has 0 saturated heterocycles. The van der Waals surface area contributed by atoms with Gasteiger partial charge in [-0.05, 0) is 51.4 Å². The molecule has 0 heterocycles. The van der Waals surface area contributed by atoms with E-state index in [1.54, 1.807) is 0 Å². The number of unbranched alkanes of at least 4 members (excludes halogenated alkanes) is 50. The summed E-state index contributed by atoms with van der Waals surface area (Å²) in [7, 11) is -4.39. The molecule has 2 unspecified atom stereocenters. The van der Waals surface area contributed by atoms with Gasteiger partial charge >= 0.3 is 19.8 Å². The Morgan fingerprint density at radius 2 is 0.647 bits per heavy atom. The standard InChI is InChI=1S/C75H142NO8P/c1-3-5-7-9-11-13-15-17-19-21-23-25-27-29-31-33-34-35-36-37-38-40-41-43-45-47-49-51-53-55-57-59-61-63-65-67-74(77)81-71-73(72-83-85(79,80)82-70-69-76)84-75(78)68-66-64-62-60-58-56-54-52-50-48-46-44-42-39-32-30-28-26-24-22-20-18-16-14-12-10-8-6-4-2/h6,8,12,14,18,20,24,26,73H,3-5,7,9-11,13,15-17,19,21-23,25,27-72,76H2,1-2H3,(H,79,80)/b8-6-,14-12-,20-18-,26-24-. The first-order valence-electron chi connectivity index (χ1n) is 37.1. The molecule has 0 bridgehead atoms. The molecule has 3 N–H and O–H groups in total. The third-order valence-electron chi connectivity index (χ3n) is 16.7. The quantitative estimate of drug-likeness (QED) is 0.0264. The topological polar surface area (TPSA) is 134 Å². The van der Waals surface area contributed by atoms with Crippen molar-refractivity contribution < 1.29 is 37.6 Å². The lowest BCUT2D eigenvalue weighted by atomic mass is 10.0. The van der Waals surface area contributed by atoms with Crippen molar-refractivity contribution in [3.63, 3.8) is 0 Å². The van der Waals surface area contributed by atoms with Gasteiger partial charge in [-0.15, -0.1) is 0 Å². The van der Waals surface area contributed by atoms with Gasteiger partial charge in [-0.2, -0.15) is 0 Å². The molecule has 0 rings (SSSR count). The van der Waals surface area contributed by atoms with Gasteiger partial charge in [0.25, 0.3) is 0 Å². The minimum absolute atomic E-state index is 0.0551. The van der Waals surface area contributed by atoms with Crippen molar-refractivity contribution in [2.75, 3.05) is 26.4 Å². The van der Waals surface area contributed by atoms with Gasteiger partial charge in [-0.3, -0.25) is 18.6 Å². The van der Waals surface area contributed by atoms with Crippen LogP contribution in [0, 0.1) is 0 Å². The van der Waals surface area contributed by atoms with Crippen LogP contribution in [-0.4, -0.2) is 49.3 Å². The summed E-state index contributed by atoms with van der Waals surface area (Å²) in [4.78, 5) is 35.4. The fourth-order valence-electron chi connectivity index (χ4n) is 11.3. The van der Waals surface area contributed by atoms with E-state index in [0.717, 1.165) is 64.2 Å². The molecule has 2 atom stereocenters. The van der Waals surface area contributed by atoms with Crippen molar-refractivity contribution in [3.05, 3.63) is 48.6 Å². The molecule has 0 aromatic heterocycles. The molecule has 0 amide bonds. The second kappa shape index (κ2) is 71.1. The minimum atomic E-state index is -4.39. The van der Waals surface area contributed by atoms with Crippen LogP contribution in [0.15, 0.2) is 48.6 Å². The first-order chi connectivity index (χ1) is 41.8. The first kappa shape index (κ1) is 83.0. The lowest BCUT2D eigenvalue weighted by Crippen LogP contribution is -2.29. The average Bonchev–Trinajstić information content (AvgIpc) is 3.52. The molecule has 500 valence electrons. The third kappa shape index (κ3) is 70.9. The van der Waals surface area contributed by atoms with Crippen LogP contribution in [-0.2, 0) is 32.7 Å². The Kier molecular flexibility index (Phi) is 69.4. The van der Waals surface area contributed by atoms with Crippen LogP contribution in [0.2, 0.25) is 0 Å². The lowest BCUT2D eigenvalue weighted by molar-refractivity contribution is -0.161. The molecule has 0 aliphatic heterocycles. The van der Waals surface area contributed by atoms with E-state index in [4.69, 9.17) is 24.3 Å². The van der Waals surface area contributed by atoms with E-state index in [0.29, 0.717) is 6.42 Å². The second-order valence-electron chi connectivity index (χ2n) is 25.1. The Bertz CT molecular complexity index is 1530. The number of allylic oxidation sites excluding steroid dienone is 8. The molecule has 85 heavy (non-hydrogen) atoms. The van der Waals surface area contributed by atoms with Gasteiger partial charge in [-0.25, -0.2) is 4.57 Å². The van der Waals surface area contributed by atoms with E-state index >= 15 is 0 Å². The van der Waals surface area contributed by atoms with E-state index in [2.05, 4.69) is 62.5 Å². The van der Waals surface area contributed by atoms with Crippen molar-refractivity contribution >= 4 is 19.8 Å². The number of ether oxygens (including phenoxy) is 2. The lowest BCUT2D eigenvalue weighted by Gasteiger charge is -2.19. The third-order valence-corrected chi connectivity index (χ3v) is 17.7. The number of nitrogens with two attached hydrogens (primary N) is 1. The van der Waals surface area contributed by atoms with Crippen LogP contribution in [0.4, 0.5) is 0 Å². The molecule has 0 aromatic rings. The van der Waals surface area contributed by atoms with Crippen LogP contribution in [0.1, 0.15) is 386 Å². The normalized spacial score (nSPS) is 13.1. The van der Waals surface area contributed by atoms with Gasteiger partial charge in [0.05, 0.1) is 13.2 Å². The summed E-state index contributed by atoms with van der Waals surface area (Å²) in [6.07, 6.45) is 90.9. The molecule has 0 saturated carbocycles. The Hall–Kier alpha value is -2.03. The van der Waals surface area contributed by atoms with Gasteiger partial charge < -0.3 is 20.1 Å². The summed E-state index contributed by atoms with van der Waals surface area (Å²) in [5.41, 5.74) is 5.41. The minimum Gasteiger partial charge on any atom is -0.462 e. The smallest absolute Gasteiger partial charge is 0.462 e. The number of hydrogen-bond acceptors (Lipinski definition) is 8. The van der Waals surface area contributed by atoms with Crippen LogP contribution in [0.3, 0.4) is 0 Å². The summed E-state index contributed by atoms with van der Waals surface area (Å²) in [5.74, 6) is -0.806. The first-order valence-corrected chi connectivity index (χ1v) is 38.6. The van der Waals surface area contributed by atoms with Gasteiger partial charge in [0, 0.05) is 19.4 Å². The van der Waals surface area contributed by atoms with Crippen molar-refractivity contribution in [1.29, 1.82) is 0 Å². The van der Waals surface area contributed by atoms with Crippen LogP contribution < -0.4 is 5.73 Å². The maximum absolute atomic E-state index is 12.8. The van der Waals surface area contributed by atoms with Gasteiger partial charge in [-0.1, -0.05) is 371 Å². The highest BCUT2D eigenvalue weighted by Crippen LogP contribution is 2.43. The molecule has 0 aromatic carbocycles. The summed E-state index contributed by atoms with van der Waals surface area (Å²) < 4.78 is 33.2. The van der Waals surface area contributed by atoms with Crippen LogP contribution in [0.25, 0.3) is 0 Å². The van der Waals surface area contributed by atoms with E-state index in [1.165, 1.54) is 289 Å². The summed E-state index contributed by atoms with van der Waals surface area (Å²) in [6, 6.07) is 0. The molecule has 0 radical (unpaired) electrons. The second-order valence-corrected chi connectivity index (χ2v) is 26.6. The van der Waals surface area contributed by atoms with E-state index < -0.39 is 26.5 Å². The largest absolute Gasteiger partial charge is 0.472 e. The molecule has 0 spiro atoms. The fourth-order valence-corrected chi connectivity index (χ4v) is 12.0. The van der Waals surface area contributed by atoms with Crippen molar-refractivity contribution in [1.82, 2.24) is 0 Å². The highest BCUT2D eigenvalue weighted by Gasteiger charge is 2.26. The number of esters is 2. The SMILES string of the molecule is CC/C=C\C/C=C\C/C=C\C/C=C\CCCCCCCCCCCCCCCCCCC(=O)OC(COC(=O)CCCCCCCCCCCCCCCCCCCCCCCCCCCCCCCCCCCCC)COP(=O)(O)OCCN. The van der Waals surface area contributed by atoms with Gasteiger partial charge in [0.1, 0.15) is 6.61 Å². The van der Waals surface area contributed by atoms with E-state index in [9.17, 15) is 19.0 Å². The van der Waals surface area contributed by atoms with E-state index in [1.807, 2.05) is 0 Å². The van der Waals surface area contributed by atoms with Gasteiger partial charge in [0.2, 0.25) is 0 Å². The highest BCUT2D eigenvalue weighted by atomic mass is 31.2. The zero-order valence-corrected chi connectivity index (χ0v) is 57.3. The summed E-state index contributed by atoms with van der Waals surface area (Å²) >= 11 is 0. The Balaban J connectivity index is 3.78. The number of hydrogen-bond donors (Lipinski definition) is 2. The van der Waals surface area contributed by atoms with Crippen molar-refractivity contribution in [2.45, 2.75) is 392 Å². The van der Waals surface area contributed by atoms with Crippen molar-refractivity contribution in [2.24, 2.45) is 5.73 Å². The Labute approximate surface area is 527 Å². The van der Waals surface area contributed by atoms with Crippen LogP contribution in [0.5, 0.6) is 0 Å².